The van der Waals surface area contributed by atoms with E-state index in [9.17, 15) is 33.5 Å². The van der Waals surface area contributed by atoms with Gasteiger partial charge in [-0.05, 0) is 64.4 Å². The molecule has 5 aromatic carbocycles. The first-order valence-corrected chi connectivity index (χ1v) is 18.7. The van der Waals surface area contributed by atoms with Crippen LogP contribution < -0.4 is 26.0 Å². The van der Waals surface area contributed by atoms with Gasteiger partial charge < -0.3 is 31.1 Å². The Morgan fingerprint density at radius 3 is 1.86 bits per heavy atom. The normalized spacial score (nSPS) is 19.4. The topological polar surface area (TPSA) is 163 Å². The van der Waals surface area contributed by atoms with Crippen molar-refractivity contribution in [1.82, 2.24) is 21.3 Å². The Balaban J connectivity index is 1.34. The molecule has 5 N–H and O–H groups in total. The molecule has 0 spiro atoms. The maximum atomic E-state index is 14.9. The number of carbonyl (C=O) groups excluding carboxylic acids is 4. The molecular weight excluding hydrogens is 728 g/mol. The highest BCUT2D eigenvalue weighted by Gasteiger charge is 2.32. The van der Waals surface area contributed by atoms with E-state index < -0.39 is 66.2 Å². The zero-order chi connectivity index (χ0) is 40.1. The van der Waals surface area contributed by atoms with Gasteiger partial charge in [-0.2, -0.15) is 0 Å². The van der Waals surface area contributed by atoms with Crippen molar-refractivity contribution in [2.24, 2.45) is 0 Å². The minimum Gasteiger partial charge on any atom is -0.484 e. The largest absolute Gasteiger partial charge is 0.484 e. The summed E-state index contributed by atoms with van der Waals surface area (Å²) in [4.78, 5) is 68.1. The molecule has 0 radical (unpaired) electrons. The monoisotopic (exact) mass is 770 g/mol. The van der Waals surface area contributed by atoms with E-state index >= 15 is 0 Å². The quantitative estimate of drug-likeness (QED) is 0.137. The summed E-state index contributed by atoms with van der Waals surface area (Å²) in [5.41, 5.74) is 4.22. The number of halogens is 1. The van der Waals surface area contributed by atoms with Crippen LogP contribution in [0.5, 0.6) is 5.75 Å². The zero-order valence-corrected chi connectivity index (χ0v) is 31.0. The molecule has 2 heterocycles. The molecule has 0 aliphatic carbocycles. The fourth-order valence-corrected chi connectivity index (χ4v) is 6.59. The fourth-order valence-electron chi connectivity index (χ4n) is 6.59. The Morgan fingerprint density at radius 1 is 0.614 bits per heavy atom. The van der Waals surface area contributed by atoms with E-state index in [1.54, 1.807) is 30.3 Å². The highest BCUT2D eigenvalue weighted by molar-refractivity contribution is 5.95. The van der Waals surface area contributed by atoms with Crippen molar-refractivity contribution in [1.29, 1.82) is 0 Å². The van der Waals surface area contributed by atoms with Crippen LogP contribution in [0.1, 0.15) is 28.7 Å². The number of aryl methyl sites for hydroxylation is 1. The third kappa shape index (κ3) is 11.4. The number of rotatable bonds is 9. The third-order valence-electron chi connectivity index (χ3n) is 9.71. The summed E-state index contributed by atoms with van der Waals surface area (Å²) < 4.78 is 20.6. The second-order valence-corrected chi connectivity index (χ2v) is 13.9. The number of amides is 4. The summed E-state index contributed by atoms with van der Waals surface area (Å²) in [5, 5.41) is 20.9. The van der Waals surface area contributed by atoms with E-state index in [1.807, 2.05) is 84.9 Å². The maximum absolute atomic E-state index is 14.9. The number of carbonyl (C=O) groups is 5. The first kappa shape index (κ1) is 39.9. The van der Waals surface area contributed by atoms with Crippen molar-refractivity contribution >= 4 is 29.6 Å². The number of ether oxygens (including phenoxy) is 1. The van der Waals surface area contributed by atoms with Crippen LogP contribution >= 0.6 is 0 Å². The molecule has 2 bridgehead atoms. The van der Waals surface area contributed by atoms with E-state index in [-0.39, 0.29) is 31.2 Å². The Hall–Kier alpha value is -6.82. The van der Waals surface area contributed by atoms with Gasteiger partial charge in [0.2, 0.25) is 17.7 Å². The van der Waals surface area contributed by atoms with Gasteiger partial charge in [-0.3, -0.25) is 19.2 Å². The van der Waals surface area contributed by atoms with Crippen LogP contribution in [0.4, 0.5) is 4.39 Å². The van der Waals surface area contributed by atoms with Gasteiger partial charge in [0.1, 0.15) is 35.7 Å². The molecule has 0 saturated carbocycles. The van der Waals surface area contributed by atoms with E-state index in [2.05, 4.69) is 21.3 Å². The molecule has 292 valence electrons. The molecule has 5 aromatic rings. The predicted octanol–water partition coefficient (Wildman–Crippen LogP) is 4.57. The molecule has 12 heteroatoms. The molecule has 4 amide bonds. The highest BCUT2D eigenvalue weighted by Crippen LogP contribution is 2.21. The molecule has 4 atom stereocenters. The van der Waals surface area contributed by atoms with Gasteiger partial charge in [0, 0.05) is 19.3 Å². The molecule has 0 aromatic heterocycles. The van der Waals surface area contributed by atoms with Crippen LogP contribution in [0.3, 0.4) is 0 Å². The molecule has 0 saturated heterocycles. The third-order valence-corrected chi connectivity index (χ3v) is 9.71. The number of aliphatic carboxylic acids is 1. The van der Waals surface area contributed by atoms with Gasteiger partial charge in [-0.15, -0.1) is 0 Å². The lowest BCUT2D eigenvalue weighted by molar-refractivity contribution is -0.142. The summed E-state index contributed by atoms with van der Waals surface area (Å²) in [7, 11) is 0. The Kier molecular flexibility index (Phi) is 13.4. The van der Waals surface area contributed by atoms with Crippen molar-refractivity contribution in [2.75, 3.05) is 6.61 Å². The smallest absolute Gasteiger partial charge is 0.326 e. The Morgan fingerprint density at radius 2 is 1.19 bits per heavy atom. The maximum Gasteiger partial charge on any atom is 0.326 e. The summed E-state index contributed by atoms with van der Waals surface area (Å²) in [6, 6.07) is 33.5. The molecule has 57 heavy (non-hydrogen) atoms. The van der Waals surface area contributed by atoms with E-state index in [4.69, 9.17) is 4.74 Å². The van der Waals surface area contributed by atoms with Crippen molar-refractivity contribution in [3.8, 4) is 16.9 Å². The van der Waals surface area contributed by atoms with E-state index in [0.717, 1.165) is 16.7 Å². The van der Waals surface area contributed by atoms with E-state index in [0.29, 0.717) is 23.3 Å². The van der Waals surface area contributed by atoms with Gasteiger partial charge in [0.05, 0.1) is 0 Å². The van der Waals surface area contributed by atoms with Crippen LogP contribution in [-0.2, 0) is 49.7 Å². The number of benzene rings is 5. The lowest BCUT2D eigenvalue weighted by atomic mass is 9.98. The predicted molar refractivity (Wildman–Crippen MR) is 211 cm³/mol. The van der Waals surface area contributed by atoms with Crippen LogP contribution in [-0.4, -0.2) is 65.5 Å². The summed E-state index contributed by atoms with van der Waals surface area (Å²) in [5.74, 6) is -4.43. The highest BCUT2D eigenvalue weighted by atomic mass is 19.1. The van der Waals surface area contributed by atoms with Crippen LogP contribution in [0.15, 0.2) is 133 Å². The number of hydrogen-bond donors (Lipinski definition) is 5. The second-order valence-electron chi connectivity index (χ2n) is 13.9. The number of hydrogen-bond acceptors (Lipinski definition) is 6. The average molecular weight is 771 g/mol. The molecule has 2 aliphatic heterocycles. The fraction of sp³-hybridized carbons (Fsp3) is 0.222. The standard InChI is InChI=1S/C45H43FN4O7/c46-36-14-8-7-13-34(36)27-39-44(54)49-38(25-30-15-20-33(21-16-30)32-11-5-2-6-12-32)43(53)48-37(24-19-29-9-3-1-4-10-29)42(52)50-40(45(55)56)26-31-17-22-35(23-18-31)57-28-41(51)47-39/h1-18,20-23,37-40H,19,24-28H2,(H,47,51)(H,48,53)(H,49,54)(H,50,52)(H,55,56)/t37-,38+,39-,40-/m0/s1. The van der Waals surface area contributed by atoms with Gasteiger partial charge in [0.15, 0.2) is 6.61 Å². The first-order chi connectivity index (χ1) is 27.6. The molecule has 2 aliphatic rings. The molecule has 11 nitrogen and oxygen atoms in total. The van der Waals surface area contributed by atoms with E-state index in [1.165, 1.54) is 18.2 Å². The summed E-state index contributed by atoms with van der Waals surface area (Å²) in [6.45, 7) is -0.491. The van der Waals surface area contributed by atoms with Gasteiger partial charge in [0.25, 0.3) is 5.91 Å². The average Bonchev–Trinajstić information content (AvgIpc) is 3.22. The Labute approximate surface area is 329 Å². The van der Waals surface area contributed by atoms with Crippen molar-refractivity contribution in [2.45, 2.75) is 56.3 Å². The van der Waals surface area contributed by atoms with Crippen molar-refractivity contribution in [3.05, 3.63) is 162 Å². The molecule has 7 rings (SSSR count). The number of carboxylic acids is 1. The number of fused-ring (bicyclic) bond motifs is 16. The SMILES string of the molecule is O=C1COc2ccc(cc2)C[C@@H](C(=O)O)NC(=O)[C@H](CCc2ccccc2)NC(=O)[C@@H](Cc2ccc(-c3ccccc3)cc2)NC(=O)[C@H](Cc2ccccc2F)N1. The van der Waals surface area contributed by atoms with Crippen LogP contribution in [0, 0.1) is 5.82 Å². The molecule has 0 fully saturated rings. The lowest BCUT2D eigenvalue weighted by Gasteiger charge is -2.26. The number of nitrogens with one attached hydrogen (secondary N) is 4. The van der Waals surface area contributed by atoms with Crippen molar-refractivity contribution < 1.29 is 38.2 Å². The second kappa shape index (κ2) is 19.2. The van der Waals surface area contributed by atoms with Gasteiger partial charge in [-0.1, -0.05) is 115 Å². The first-order valence-electron chi connectivity index (χ1n) is 18.7. The van der Waals surface area contributed by atoms with Crippen molar-refractivity contribution in [3.63, 3.8) is 0 Å². The zero-order valence-electron chi connectivity index (χ0n) is 31.0. The minimum atomic E-state index is -1.34. The molecule has 0 unspecified atom stereocenters. The van der Waals surface area contributed by atoms with Crippen LogP contribution in [0.25, 0.3) is 11.1 Å². The Bertz CT molecular complexity index is 2170. The number of carboxylic acid groups (broad SMARTS) is 1. The minimum absolute atomic E-state index is 0.0190. The van der Waals surface area contributed by atoms with Gasteiger partial charge >= 0.3 is 5.97 Å². The van der Waals surface area contributed by atoms with Gasteiger partial charge in [-0.25, -0.2) is 9.18 Å². The summed E-state index contributed by atoms with van der Waals surface area (Å²) >= 11 is 0. The lowest BCUT2D eigenvalue weighted by Crippen LogP contribution is -2.59. The molecular formula is C45H43FN4O7. The summed E-state index contributed by atoms with van der Waals surface area (Å²) in [6.07, 6.45) is 0.148. The van der Waals surface area contributed by atoms with Crippen LogP contribution in [0.2, 0.25) is 0 Å².